The fourth-order valence-corrected chi connectivity index (χ4v) is 1.34. The van der Waals surface area contributed by atoms with Crippen LogP contribution in [0.25, 0.3) is 0 Å². The summed E-state index contributed by atoms with van der Waals surface area (Å²) in [6, 6.07) is 6.85. The van der Waals surface area contributed by atoms with Gasteiger partial charge in [0, 0.05) is 11.6 Å². The minimum atomic E-state index is -0.631. The maximum absolute atomic E-state index is 11.6. The summed E-state index contributed by atoms with van der Waals surface area (Å²) in [5.74, 6) is 0.225. The summed E-state index contributed by atoms with van der Waals surface area (Å²) >= 11 is 5.76. The first-order valence-electron chi connectivity index (χ1n) is 5.72. The van der Waals surface area contributed by atoms with E-state index in [1.165, 1.54) is 0 Å². The molecule has 0 fully saturated rings. The minimum absolute atomic E-state index is 0.361. The molecule has 1 unspecified atom stereocenters. The number of benzene rings is 1. The van der Waals surface area contributed by atoms with Gasteiger partial charge in [0.2, 0.25) is 0 Å². The molecule has 0 aliphatic carbocycles. The number of carbonyl (C=O) groups is 1. The second kappa shape index (κ2) is 7.24. The standard InChI is InChI=1S/C13H18ClNO3/c1-10(13(16)17-9-8-15(2)3)18-12-6-4-11(14)5-7-12/h4-7,10H,8-9H2,1-3H3. The van der Waals surface area contributed by atoms with Crippen molar-refractivity contribution in [2.24, 2.45) is 0 Å². The van der Waals surface area contributed by atoms with Crippen LogP contribution >= 0.6 is 11.6 Å². The van der Waals surface area contributed by atoms with Crippen LogP contribution in [-0.4, -0.2) is 44.2 Å². The van der Waals surface area contributed by atoms with Crippen molar-refractivity contribution in [2.45, 2.75) is 13.0 Å². The Morgan fingerprint density at radius 1 is 1.33 bits per heavy atom. The van der Waals surface area contributed by atoms with Crippen molar-refractivity contribution in [3.8, 4) is 5.75 Å². The van der Waals surface area contributed by atoms with Crippen molar-refractivity contribution in [1.82, 2.24) is 4.90 Å². The second-order valence-corrected chi connectivity index (χ2v) is 4.62. The van der Waals surface area contributed by atoms with E-state index in [1.54, 1.807) is 31.2 Å². The Balaban J connectivity index is 2.37. The molecule has 1 aromatic rings. The van der Waals surface area contributed by atoms with E-state index >= 15 is 0 Å². The Morgan fingerprint density at radius 2 is 1.94 bits per heavy atom. The van der Waals surface area contributed by atoms with Crippen LogP contribution in [0.5, 0.6) is 5.75 Å². The topological polar surface area (TPSA) is 38.8 Å². The third kappa shape index (κ3) is 5.38. The van der Waals surface area contributed by atoms with Gasteiger partial charge in [-0.15, -0.1) is 0 Å². The molecule has 18 heavy (non-hydrogen) atoms. The molecule has 0 saturated heterocycles. The molecule has 0 amide bonds. The monoisotopic (exact) mass is 271 g/mol. The average Bonchev–Trinajstić information content (AvgIpc) is 2.31. The summed E-state index contributed by atoms with van der Waals surface area (Å²) < 4.78 is 10.5. The number of hydrogen-bond acceptors (Lipinski definition) is 4. The van der Waals surface area contributed by atoms with Crippen molar-refractivity contribution in [1.29, 1.82) is 0 Å². The highest BCUT2D eigenvalue weighted by atomic mass is 35.5. The Morgan fingerprint density at radius 3 is 2.50 bits per heavy atom. The summed E-state index contributed by atoms with van der Waals surface area (Å²) in [5, 5.41) is 0.628. The Labute approximate surface area is 112 Å². The summed E-state index contributed by atoms with van der Waals surface area (Å²) in [4.78, 5) is 13.5. The Kier molecular flexibility index (Phi) is 5.95. The van der Waals surface area contributed by atoms with E-state index in [0.29, 0.717) is 23.9 Å². The van der Waals surface area contributed by atoms with Gasteiger partial charge in [-0.05, 0) is 45.3 Å². The third-order valence-corrected chi connectivity index (χ3v) is 2.49. The Hall–Kier alpha value is -1.26. The van der Waals surface area contributed by atoms with Gasteiger partial charge in [-0.2, -0.15) is 0 Å². The summed E-state index contributed by atoms with van der Waals surface area (Å²) in [5.41, 5.74) is 0. The van der Waals surface area contributed by atoms with Gasteiger partial charge in [0.1, 0.15) is 12.4 Å². The predicted octanol–water partition coefficient (Wildman–Crippen LogP) is 2.21. The molecule has 1 rings (SSSR count). The summed E-state index contributed by atoms with van der Waals surface area (Å²) in [6.07, 6.45) is -0.631. The molecule has 0 spiro atoms. The van der Waals surface area contributed by atoms with E-state index in [-0.39, 0.29) is 5.97 Å². The first-order chi connectivity index (χ1) is 8.49. The highest BCUT2D eigenvalue weighted by Gasteiger charge is 2.16. The number of hydrogen-bond donors (Lipinski definition) is 0. The van der Waals surface area contributed by atoms with Crippen molar-refractivity contribution < 1.29 is 14.3 Å². The van der Waals surface area contributed by atoms with E-state index in [2.05, 4.69) is 0 Å². The van der Waals surface area contributed by atoms with Crippen LogP contribution in [0, 0.1) is 0 Å². The minimum Gasteiger partial charge on any atom is -0.479 e. The molecule has 1 aromatic carbocycles. The van der Waals surface area contributed by atoms with Crippen LogP contribution in [0.15, 0.2) is 24.3 Å². The van der Waals surface area contributed by atoms with Crippen molar-refractivity contribution >= 4 is 17.6 Å². The molecule has 0 aromatic heterocycles. The molecule has 4 nitrogen and oxygen atoms in total. The van der Waals surface area contributed by atoms with Gasteiger partial charge >= 0.3 is 5.97 Å². The zero-order chi connectivity index (χ0) is 13.5. The molecule has 0 radical (unpaired) electrons. The lowest BCUT2D eigenvalue weighted by Crippen LogP contribution is -2.29. The van der Waals surface area contributed by atoms with E-state index in [0.717, 1.165) is 0 Å². The lowest BCUT2D eigenvalue weighted by atomic mass is 10.3. The van der Waals surface area contributed by atoms with Crippen LogP contribution in [-0.2, 0) is 9.53 Å². The number of nitrogens with zero attached hydrogens (tertiary/aromatic N) is 1. The van der Waals surface area contributed by atoms with Gasteiger partial charge in [-0.25, -0.2) is 4.79 Å². The van der Waals surface area contributed by atoms with Crippen LogP contribution in [0.2, 0.25) is 5.02 Å². The van der Waals surface area contributed by atoms with Gasteiger partial charge in [-0.1, -0.05) is 11.6 Å². The molecule has 0 aliphatic rings. The molecule has 0 aliphatic heterocycles. The fraction of sp³-hybridized carbons (Fsp3) is 0.462. The van der Waals surface area contributed by atoms with E-state index in [4.69, 9.17) is 21.1 Å². The smallest absolute Gasteiger partial charge is 0.347 e. The van der Waals surface area contributed by atoms with Gasteiger partial charge in [0.25, 0.3) is 0 Å². The summed E-state index contributed by atoms with van der Waals surface area (Å²) in [6.45, 7) is 2.71. The largest absolute Gasteiger partial charge is 0.479 e. The predicted molar refractivity (Wildman–Crippen MR) is 71.1 cm³/mol. The molecule has 5 heteroatoms. The number of ether oxygens (including phenoxy) is 2. The molecule has 0 heterocycles. The SMILES string of the molecule is CC(Oc1ccc(Cl)cc1)C(=O)OCCN(C)C. The lowest BCUT2D eigenvalue weighted by Gasteiger charge is -2.15. The third-order valence-electron chi connectivity index (χ3n) is 2.24. The lowest BCUT2D eigenvalue weighted by molar-refractivity contribution is -0.151. The molecule has 1 atom stereocenters. The molecule has 100 valence electrons. The van der Waals surface area contributed by atoms with Crippen molar-refractivity contribution in [2.75, 3.05) is 27.2 Å². The number of halogens is 1. The normalized spacial score (nSPS) is 12.3. The van der Waals surface area contributed by atoms with E-state index in [1.807, 2.05) is 19.0 Å². The van der Waals surface area contributed by atoms with Gasteiger partial charge in [-0.3, -0.25) is 0 Å². The highest BCUT2D eigenvalue weighted by molar-refractivity contribution is 6.30. The molecule has 0 saturated carbocycles. The molecule has 0 N–H and O–H groups in total. The van der Waals surface area contributed by atoms with Crippen LogP contribution in [0.3, 0.4) is 0 Å². The van der Waals surface area contributed by atoms with Crippen molar-refractivity contribution in [3.05, 3.63) is 29.3 Å². The van der Waals surface area contributed by atoms with Gasteiger partial charge in [0.05, 0.1) is 0 Å². The number of carbonyl (C=O) groups excluding carboxylic acids is 1. The molecular formula is C13H18ClNO3. The molecular weight excluding hydrogens is 254 g/mol. The first-order valence-corrected chi connectivity index (χ1v) is 6.10. The molecule has 0 bridgehead atoms. The first kappa shape index (κ1) is 14.8. The average molecular weight is 272 g/mol. The zero-order valence-electron chi connectivity index (χ0n) is 10.9. The van der Waals surface area contributed by atoms with Crippen LogP contribution in [0.1, 0.15) is 6.92 Å². The quantitative estimate of drug-likeness (QED) is 0.744. The van der Waals surface area contributed by atoms with E-state index in [9.17, 15) is 4.79 Å². The summed E-state index contributed by atoms with van der Waals surface area (Å²) in [7, 11) is 3.84. The maximum Gasteiger partial charge on any atom is 0.347 e. The number of esters is 1. The van der Waals surface area contributed by atoms with Crippen LogP contribution in [0.4, 0.5) is 0 Å². The Bertz CT molecular complexity index is 378. The van der Waals surface area contributed by atoms with Crippen molar-refractivity contribution in [3.63, 3.8) is 0 Å². The van der Waals surface area contributed by atoms with E-state index < -0.39 is 6.10 Å². The zero-order valence-corrected chi connectivity index (χ0v) is 11.6. The fourth-order valence-electron chi connectivity index (χ4n) is 1.21. The van der Waals surface area contributed by atoms with Gasteiger partial charge < -0.3 is 14.4 Å². The highest BCUT2D eigenvalue weighted by Crippen LogP contribution is 2.16. The number of rotatable bonds is 6. The second-order valence-electron chi connectivity index (χ2n) is 4.18. The number of likely N-dealkylation sites (N-methyl/N-ethyl adjacent to an activating group) is 1. The van der Waals surface area contributed by atoms with Crippen LogP contribution < -0.4 is 4.74 Å². The van der Waals surface area contributed by atoms with Gasteiger partial charge in [0.15, 0.2) is 6.10 Å². The maximum atomic E-state index is 11.6.